The second-order valence-electron chi connectivity index (χ2n) is 5.14. The van der Waals surface area contributed by atoms with Crippen LogP contribution in [-0.4, -0.2) is 24.9 Å². The number of hydrogen-bond donors (Lipinski definition) is 2. The highest BCUT2D eigenvalue weighted by molar-refractivity contribution is 5.20. The van der Waals surface area contributed by atoms with Crippen LogP contribution < -0.4 is 10.5 Å². The highest BCUT2D eigenvalue weighted by atomic mass is 16.5. The molecule has 0 amide bonds. The fraction of sp³-hybridized carbons (Fsp3) is 0.600. The lowest BCUT2D eigenvalue weighted by Crippen LogP contribution is -2.39. The molecule has 0 radical (unpaired) electrons. The number of nitrogens with two attached hydrogens (primary N) is 1. The molecular weight excluding hydrogens is 226 g/mol. The summed E-state index contributed by atoms with van der Waals surface area (Å²) in [6, 6.07) is 9.79. The predicted molar refractivity (Wildman–Crippen MR) is 74.6 cm³/mol. The van der Waals surface area contributed by atoms with Gasteiger partial charge in [0.25, 0.3) is 0 Å². The fourth-order valence-electron chi connectivity index (χ4n) is 2.08. The first-order chi connectivity index (χ1) is 8.64. The summed E-state index contributed by atoms with van der Waals surface area (Å²) in [5.41, 5.74) is 5.65. The average Bonchev–Trinajstić information content (AvgIpc) is 2.40. The van der Waals surface area contributed by atoms with Gasteiger partial charge in [0.15, 0.2) is 0 Å². The summed E-state index contributed by atoms with van der Waals surface area (Å²) in [7, 11) is 0. The van der Waals surface area contributed by atoms with Gasteiger partial charge in [-0.05, 0) is 30.9 Å². The molecule has 0 aromatic heterocycles. The zero-order chi connectivity index (χ0) is 13.4. The molecule has 0 aliphatic carbocycles. The van der Waals surface area contributed by atoms with Crippen LogP contribution in [0, 0.1) is 11.3 Å². The average molecular weight is 251 g/mol. The van der Waals surface area contributed by atoms with Gasteiger partial charge >= 0.3 is 0 Å². The standard InChI is InChI=1S/C15H25NO2/c1-13(2)15(11-16,12-17)9-6-10-18-14-7-4-3-5-8-14/h3-5,7-8,13,17H,6,9-12,16H2,1-2H3. The van der Waals surface area contributed by atoms with Crippen LogP contribution >= 0.6 is 0 Å². The van der Waals surface area contributed by atoms with Crippen molar-refractivity contribution in [1.29, 1.82) is 0 Å². The van der Waals surface area contributed by atoms with Crippen LogP contribution in [0.2, 0.25) is 0 Å². The lowest BCUT2D eigenvalue weighted by molar-refractivity contribution is 0.0685. The maximum Gasteiger partial charge on any atom is 0.119 e. The van der Waals surface area contributed by atoms with Gasteiger partial charge in [0.2, 0.25) is 0 Å². The molecule has 0 bridgehead atoms. The Balaban J connectivity index is 2.36. The lowest BCUT2D eigenvalue weighted by atomic mass is 9.74. The Bertz CT molecular complexity index is 321. The molecule has 3 N–H and O–H groups in total. The molecule has 18 heavy (non-hydrogen) atoms. The molecule has 1 aromatic rings. The molecule has 1 rings (SSSR count). The monoisotopic (exact) mass is 251 g/mol. The first kappa shape index (κ1) is 15.0. The Labute approximate surface area is 110 Å². The summed E-state index contributed by atoms with van der Waals surface area (Å²) in [5, 5.41) is 9.54. The van der Waals surface area contributed by atoms with Crippen LogP contribution in [-0.2, 0) is 0 Å². The van der Waals surface area contributed by atoms with Crippen LogP contribution in [0.15, 0.2) is 30.3 Å². The van der Waals surface area contributed by atoms with Crippen molar-refractivity contribution in [3.63, 3.8) is 0 Å². The smallest absolute Gasteiger partial charge is 0.119 e. The molecule has 0 fully saturated rings. The van der Waals surface area contributed by atoms with Crippen molar-refractivity contribution in [1.82, 2.24) is 0 Å². The number of ether oxygens (including phenoxy) is 1. The van der Waals surface area contributed by atoms with Gasteiger partial charge in [-0.15, -0.1) is 0 Å². The lowest BCUT2D eigenvalue weighted by Gasteiger charge is -2.34. The number of rotatable bonds is 8. The van der Waals surface area contributed by atoms with Gasteiger partial charge in [-0.2, -0.15) is 0 Å². The normalized spacial score (nSPS) is 14.5. The summed E-state index contributed by atoms with van der Waals surface area (Å²) in [4.78, 5) is 0. The van der Waals surface area contributed by atoms with Gasteiger partial charge in [0.05, 0.1) is 13.2 Å². The zero-order valence-electron chi connectivity index (χ0n) is 11.4. The summed E-state index contributed by atoms with van der Waals surface area (Å²) in [6.07, 6.45) is 1.80. The topological polar surface area (TPSA) is 55.5 Å². The quantitative estimate of drug-likeness (QED) is 0.698. The third-order valence-electron chi connectivity index (χ3n) is 3.78. The van der Waals surface area contributed by atoms with Crippen molar-refractivity contribution in [3.05, 3.63) is 30.3 Å². The molecular formula is C15H25NO2. The molecule has 1 unspecified atom stereocenters. The van der Waals surface area contributed by atoms with Crippen molar-refractivity contribution in [2.24, 2.45) is 17.1 Å². The Morgan fingerprint density at radius 2 is 1.94 bits per heavy atom. The number of hydrogen-bond acceptors (Lipinski definition) is 3. The van der Waals surface area contributed by atoms with Crippen molar-refractivity contribution >= 4 is 0 Å². The molecule has 0 aliphatic rings. The van der Waals surface area contributed by atoms with E-state index in [1.807, 2.05) is 30.3 Å². The van der Waals surface area contributed by atoms with E-state index in [9.17, 15) is 5.11 Å². The molecule has 3 heteroatoms. The van der Waals surface area contributed by atoms with Crippen LogP contribution in [0.4, 0.5) is 0 Å². The van der Waals surface area contributed by atoms with Crippen molar-refractivity contribution in [2.75, 3.05) is 19.8 Å². The van der Waals surface area contributed by atoms with E-state index in [0.29, 0.717) is 19.1 Å². The van der Waals surface area contributed by atoms with Gasteiger partial charge in [-0.25, -0.2) is 0 Å². The highest BCUT2D eigenvalue weighted by Crippen LogP contribution is 2.31. The van der Waals surface area contributed by atoms with Crippen LogP contribution in [0.25, 0.3) is 0 Å². The maximum absolute atomic E-state index is 9.54. The SMILES string of the molecule is CC(C)C(CN)(CO)CCCOc1ccccc1. The highest BCUT2D eigenvalue weighted by Gasteiger charge is 2.31. The summed E-state index contributed by atoms with van der Waals surface area (Å²) in [5.74, 6) is 1.27. The van der Waals surface area contributed by atoms with E-state index in [0.717, 1.165) is 18.6 Å². The number of benzene rings is 1. The number of aliphatic hydroxyl groups is 1. The molecule has 0 saturated carbocycles. The molecule has 1 atom stereocenters. The first-order valence-electron chi connectivity index (χ1n) is 6.63. The molecule has 0 heterocycles. The summed E-state index contributed by atoms with van der Waals surface area (Å²) >= 11 is 0. The summed E-state index contributed by atoms with van der Waals surface area (Å²) in [6.45, 7) is 5.56. The Kier molecular flexibility index (Phi) is 6.16. The minimum absolute atomic E-state index is 0.145. The Morgan fingerprint density at radius 1 is 1.28 bits per heavy atom. The molecule has 3 nitrogen and oxygen atoms in total. The van der Waals surface area contributed by atoms with Crippen LogP contribution in [0.3, 0.4) is 0 Å². The summed E-state index contributed by atoms with van der Waals surface area (Å²) < 4.78 is 5.65. The van der Waals surface area contributed by atoms with Gasteiger partial charge in [0, 0.05) is 12.0 Å². The third-order valence-corrected chi connectivity index (χ3v) is 3.78. The molecule has 0 aliphatic heterocycles. The number of para-hydroxylation sites is 1. The van der Waals surface area contributed by atoms with E-state index >= 15 is 0 Å². The van der Waals surface area contributed by atoms with E-state index in [2.05, 4.69) is 13.8 Å². The van der Waals surface area contributed by atoms with Crippen molar-refractivity contribution < 1.29 is 9.84 Å². The largest absolute Gasteiger partial charge is 0.494 e. The van der Waals surface area contributed by atoms with E-state index in [1.165, 1.54) is 0 Å². The number of aliphatic hydroxyl groups excluding tert-OH is 1. The Hall–Kier alpha value is -1.06. The van der Waals surface area contributed by atoms with E-state index in [-0.39, 0.29) is 12.0 Å². The van der Waals surface area contributed by atoms with Crippen LogP contribution in [0.5, 0.6) is 5.75 Å². The first-order valence-corrected chi connectivity index (χ1v) is 6.63. The fourth-order valence-corrected chi connectivity index (χ4v) is 2.08. The second-order valence-corrected chi connectivity index (χ2v) is 5.14. The maximum atomic E-state index is 9.54. The van der Waals surface area contributed by atoms with Crippen molar-refractivity contribution in [2.45, 2.75) is 26.7 Å². The Morgan fingerprint density at radius 3 is 2.44 bits per heavy atom. The van der Waals surface area contributed by atoms with Gasteiger partial charge in [0.1, 0.15) is 5.75 Å². The van der Waals surface area contributed by atoms with Gasteiger partial charge in [-0.3, -0.25) is 0 Å². The van der Waals surface area contributed by atoms with E-state index in [4.69, 9.17) is 10.5 Å². The molecule has 0 spiro atoms. The zero-order valence-corrected chi connectivity index (χ0v) is 11.4. The second kappa shape index (κ2) is 7.39. The minimum atomic E-state index is -0.167. The van der Waals surface area contributed by atoms with Gasteiger partial charge < -0.3 is 15.6 Å². The third kappa shape index (κ3) is 4.00. The molecule has 0 saturated heterocycles. The molecule has 1 aromatic carbocycles. The van der Waals surface area contributed by atoms with Crippen molar-refractivity contribution in [3.8, 4) is 5.75 Å². The van der Waals surface area contributed by atoms with E-state index in [1.54, 1.807) is 0 Å². The molecule has 102 valence electrons. The van der Waals surface area contributed by atoms with E-state index < -0.39 is 0 Å². The predicted octanol–water partition coefficient (Wildman–Crippen LogP) is 2.44. The van der Waals surface area contributed by atoms with Gasteiger partial charge in [-0.1, -0.05) is 32.0 Å². The van der Waals surface area contributed by atoms with Crippen LogP contribution in [0.1, 0.15) is 26.7 Å². The minimum Gasteiger partial charge on any atom is -0.494 e.